The first-order valence-corrected chi connectivity index (χ1v) is 9.15. The van der Waals surface area contributed by atoms with Gasteiger partial charge in [0, 0.05) is 12.3 Å². The number of hydrogen-bond donors (Lipinski definition) is 2. The molecule has 3 atom stereocenters. The van der Waals surface area contributed by atoms with E-state index >= 15 is 0 Å². The monoisotopic (exact) mass is 431 g/mol. The Morgan fingerprint density at radius 1 is 1.30 bits per heavy atom. The van der Waals surface area contributed by atoms with E-state index in [2.05, 4.69) is 20.3 Å². The zero-order valence-electron chi connectivity index (χ0n) is 14.4. The van der Waals surface area contributed by atoms with Crippen molar-refractivity contribution in [3.8, 4) is 0 Å². The highest BCUT2D eigenvalue weighted by atomic mass is 35.5. The van der Waals surface area contributed by atoms with E-state index in [0.717, 1.165) is 0 Å². The number of rotatable bonds is 5. The van der Waals surface area contributed by atoms with Gasteiger partial charge in [-0.3, -0.25) is 9.88 Å². The molecule has 2 aromatic heterocycles. The van der Waals surface area contributed by atoms with Crippen molar-refractivity contribution >= 4 is 52.7 Å². The average Bonchev–Trinajstić information content (AvgIpc) is 2.96. The lowest BCUT2D eigenvalue weighted by molar-refractivity contribution is 0.142. The van der Waals surface area contributed by atoms with E-state index in [1.165, 1.54) is 17.2 Å². The molecule has 1 saturated heterocycles. The van der Waals surface area contributed by atoms with Gasteiger partial charge in [-0.15, -0.1) is 0 Å². The number of nitrogens with one attached hydrogen (secondary N) is 1. The van der Waals surface area contributed by atoms with Crippen LogP contribution in [-0.4, -0.2) is 44.9 Å². The van der Waals surface area contributed by atoms with Crippen LogP contribution in [0, 0.1) is 0 Å². The molecule has 0 spiro atoms. The molecule has 3 heterocycles. The summed E-state index contributed by atoms with van der Waals surface area (Å²) in [5.74, 6) is 0.384. The van der Waals surface area contributed by atoms with E-state index in [1.54, 1.807) is 13.0 Å². The molecule has 2 N–H and O–H groups in total. The van der Waals surface area contributed by atoms with E-state index < -0.39 is 18.2 Å². The van der Waals surface area contributed by atoms with Gasteiger partial charge in [-0.2, -0.15) is 4.98 Å². The highest BCUT2D eigenvalue weighted by Gasteiger charge is 2.38. The van der Waals surface area contributed by atoms with Gasteiger partial charge in [-0.05, 0) is 19.9 Å². The third-order valence-corrected chi connectivity index (χ3v) is 4.69. The third kappa shape index (κ3) is 4.35. The predicted octanol–water partition coefficient (Wildman–Crippen LogP) is 3.71. The third-order valence-electron chi connectivity index (χ3n) is 3.98. The van der Waals surface area contributed by atoms with Crippen molar-refractivity contribution in [1.82, 2.24) is 15.0 Å². The summed E-state index contributed by atoms with van der Waals surface area (Å²) in [6, 6.07) is 2.08. The molecule has 0 unspecified atom stereocenters. The Morgan fingerprint density at radius 3 is 2.70 bits per heavy atom. The Balaban J connectivity index is 1.88. The summed E-state index contributed by atoms with van der Waals surface area (Å²) < 4.78 is 5.01. The van der Waals surface area contributed by atoms with Gasteiger partial charge in [0.1, 0.15) is 23.6 Å². The molecule has 0 aromatic carbocycles. The summed E-state index contributed by atoms with van der Waals surface area (Å²) in [6.07, 6.45) is 0.0632. The summed E-state index contributed by atoms with van der Waals surface area (Å²) >= 11 is 18.1. The first-order chi connectivity index (χ1) is 12.8. The largest absolute Gasteiger partial charge is 0.447 e. The fourth-order valence-electron chi connectivity index (χ4n) is 2.65. The highest BCUT2D eigenvalue weighted by molar-refractivity contribution is 6.34. The van der Waals surface area contributed by atoms with Crippen molar-refractivity contribution in [1.29, 1.82) is 0 Å². The first kappa shape index (κ1) is 19.9. The molecule has 144 valence electrons. The number of aromatic nitrogens is 3. The molecule has 1 amide bonds. The van der Waals surface area contributed by atoms with Gasteiger partial charge < -0.3 is 15.2 Å². The molecule has 1 aliphatic heterocycles. The topological polar surface area (TPSA) is 100 Å². The van der Waals surface area contributed by atoms with Gasteiger partial charge >= 0.3 is 6.09 Å². The van der Waals surface area contributed by atoms with E-state index in [1.807, 2.05) is 6.92 Å². The number of aliphatic hydroxyl groups excluding tert-OH is 1. The molecule has 11 heteroatoms. The standard InChI is InChI=1S/C16H16Cl3N5O3/c1-7(14-10(18)3-9(17)5-20-14)21-15-22-12(19)4-13(23-15)24-11(8(2)25)6-27-16(24)26/h3-5,7-8,11,25H,6H2,1-2H3,(H,21,22,23)/t7-,8+,11+/m0/s1. The number of carbonyl (C=O) groups is 1. The Hall–Kier alpha value is -1.87. The van der Waals surface area contributed by atoms with E-state index in [-0.39, 0.29) is 29.6 Å². The second kappa shape index (κ2) is 8.02. The normalized spacial score (nSPS) is 19.0. The molecule has 0 bridgehead atoms. The van der Waals surface area contributed by atoms with Crippen LogP contribution >= 0.6 is 34.8 Å². The van der Waals surface area contributed by atoms with E-state index in [0.29, 0.717) is 15.7 Å². The van der Waals surface area contributed by atoms with Gasteiger partial charge in [-0.1, -0.05) is 34.8 Å². The van der Waals surface area contributed by atoms with Crippen molar-refractivity contribution in [2.75, 3.05) is 16.8 Å². The average molecular weight is 433 g/mol. The smallest absolute Gasteiger partial charge is 0.416 e. The van der Waals surface area contributed by atoms with E-state index in [9.17, 15) is 9.90 Å². The lowest BCUT2D eigenvalue weighted by Gasteiger charge is -2.23. The van der Waals surface area contributed by atoms with Crippen LogP contribution in [0.5, 0.6) is 0 Å². The number of pyridine rings is 1. The number of anilines is 2. The molecule has 0 radical (unpaired) electrons. The number of amides is 1. The van der Waals surface area contributed by atoms with Crippen molar-refractivity contribution in [3.05, 3.63) is 39.2 Å². The van der Waals surface area contributed by atoms with Gasteiger partial charge in [0.05, 0.1) is 27.9 Å². The summed E-state index contributed by atoms with van der Waals surface area (Å²) in [4.78, 5) is 26.0. The zero-order valence-corrected chi connectivity index (χ0v) is 16.6. The van der Waals surface area contributed by atoms with Gasteiger partial charge in [-0.25, -0.2) is 9.78 Å². The molecule has 0 saturated carbocycles. The van der Waals surface area contributed by atoms with Crippen LogP contribution in [0.25, 0.3) is 0 Å². The number of ether oxygens (including phenoxy) is 1. The SMILES string of the molecule is C[C@H](Nc1nc(Cl)cc(N2C(=O)OC[C@@H]2[C@@H](C)O)n1)c1ncc(Cl)cc1Cl. The minimum atomic E-state index is -0.808. The lowest BCUT2D eigenvalue weighted by atomic mass is 10.2. The molecule has 3 rings (SSSR count). The van der Waals surface area contributed by atoms with Crippen molar-refractivity contribution in [2.24, 2.45) is 0 Å². The molecule has 0 aliphatic carbocycles. The van der Waals surface area contributed by atoms with Gasteiger partial charge in [0.15, 0.2) is 0 Å². The van der Waals surface area contributed by atoms with Crippen LogP contribution in [0.15, 0.2) is 18.3 Å². The minimum absolute atomic E-state index is 0.0571. The van der Waals surface area contributed by atoms with Crippen molar-refractivity contribution in [3.63, 3.8) is 0 Å². The quantitative estimate of drug-likeness (QED) is 0.695. The second-order valence-corrected chi connectivity index (χ2v) is 7.24. The molecule has 2 aromatic rings. The summed E-state index contributed by atoms with van der Waals surface area (Å²) in [5.41, 5.74) is 0.550. The van der Waals surface area contributed by atoms with Crippen LogP contribution in [-0.2, 0) is 4.74 Å². The maximum absolute atomic E-state index is 12.1. The van der Waals surface area contributed by atoms with Gasteiger partial charge in [0.2, 0.25) is 5.95 Å². The summed E-state index contributed by atoms with van der Waals surface area (Å²) in [5, 5.41) is 13.9. The fourth-order valence-corrected chi connectivity index (χ4v) is 3.38. The lowest BCUT2D eigenvalue weighted by Crippen LogP contribution is -2.41. The summed E-state index contributed by atoms with van der Waals surface area (Å²) in [6.45, 7) is 3.44. The maximum atomic E-state index is 12.1. The zero-order chi connectivity index (χ0) is 19.7. The number of cyclic esters (lactones) is 1. The van der Waals surface area contributed by atoms with Crippen molar-refractivity contribution in [2.45, 2.75) is 32.0 Å². The molecular weight excluding hydrogens is 417 g/mol. The Labute approximate surface area is 170 Å². The Kier molecular flexibility index (Phi) is 5.90. The van der Waals surface area contributed by atoms with Gasteiger partial charge in [0.25, 0.3) is 0 Å². The van der Waals surface area contributed by atoms with Crippen molar-refractivity contribution < 1.29 is 14.6 Å². The fraction of sp³-hybridized carbons (Fsp3) is 0.375. The predicted molar refractivity (Wildman–Crippen MR) is 103 cm³/mol. The molecule has 1 fully saturated rings. The molecular formula is C16H16Cl3N5O3. The second-order valence-electron chi connectivity index (χ2n) is 6.01. The number of carbonyl (C=O) groups excluding carboxylic acids is 1. The Morgan fingerprint density at radius 2 is 2.04 bits per heavy atom. The van der Waals surface area contributed by atoms with E-state index in [4.69, 9.17) is 39.5 Å². The highest BCUT2D eigenvalue weighted by Crippen LogP contribution is 2.29. The molecule has 8 nitrogen and oxygen atoms in total. The van der Waals surface area contributed by atoms with Crippen LogP contribution in [0.2, 0.25) is 15.2 Å². The van der Waals surface area contributed by atoms with Crippen LogP contribution in [0.3, 0.4) is 0 Å². The number of nitrogens with zero attached hydrogens (tertiary/aromatic N) is 4. The number of hydrogen-bond acceptors (Lipinski definition) is 7. The maximum Gasteiger partial charge on any atom is 0.416 e. The number of aliphatic hydroxyl groups is 1. The van der Waals surface area contributed by atoms with Crippen LogP contribution in [0.1, 0.15) is 25.6 Å². The molecule has 1 aliphatic rings. The van der Waals surface area contributed by atoms with Crippen LogP contribution in [0.4, 0.5) is 16.6 Å². The summed E-state index contributed by atoms with van der Waals surface area (Å²) in [7, 11) is 0. The minimum Gasteiger partial charge on any atom is -0.447 e. The first-order valence-electron chi connectivity index (χ1n) is 8.02. The van der Waals surface area contributed by atoms with Crippen LogP contribution < -0.4 is 10.2 Å². The molecule has 27 heavy (non-hydrogen) atoms. The number of halogens is 3. The Bertz CT molecular complexity index is 867.